The van der Waals surface area contributed by atoms with Gasteiger partial charge >= 0.3 is 0 Å². The molecule has 1 N–H and O–H groups in total. The van der Waals surface area contributed by atoms with Gasteiger partial charge in [-0.25, -0.2) is 0 Å². The Morgan fingerprint density at radius 3 is 2.69 bits per heavy atom. The van der Waals surface area contributed by atoms with Gasteiger partial charge in [0, 0.05) is 24.2 Å². The van der Waals surface area contributed by atoms with Crippen LogP contribution in [0.2, 0.25) is 5.02 Å². The predicted octanol–water partition coefficient (Wildman–Crippen LogP) is 4.42. The maximum atomic E-state index is 12.7. The smallest absolute Gasteiger partial charge is 0.257 e. The van der Waals surface area contributed by atoms with Crippen LogP contribution in [0.3, 0.4) is 0 Å². The lowest BCUT2D eigenvalue weighted by molar-refractivity contribution is 0.0827. The summed E-state index contributed by atoms with van der Waals surface area (Å²) in [6.45, 7) is 2.02. The molecule has 6 heteroatoms. The van der Waals surface area contributed by atoms with Gasteiger partial charge in [-0.15, -0.1) is 0 Å². The molecular formula is C20H19ClN2O3. The van der Waals surface area contributed by atoms with Crippen molar-refractivity contribution in [3.05, 3.63) is 76.5 Å². The highest BCUT2D eigenvalue weighted by Crippen LogP contribution is 2.25. The normalized spacial score (nSPS) is 12.0. The van der Waals surface area contributed by atoms with Gasteiger partial charge in [0.1, 0.15) is 17.0 Å². The van der Waals surface area contributed by atoms with Crippen molar-refractivity contribution in [1.82, 2.24) is 10.5 Å². The van der Waals surface area contributed by atoms with Crippen molar-refractivity contribution in [2.75, 3.05) is 13.7 Å². The van der Waals surface area contributed by atoms with E-state index in [9.17, 15) is 4.79 Å². The van der Waals surface area contributed by atoms with Crippen LogP contribution in [-0.4, -0.2) is 24.7 Å². The first-order valence-corrected chi connectivity index (χ1v) is 8.56. The number of carbonyl (C=O) groups excluding carboxylic acids is 1. The molecule has 0 saturated heterocycles. The minimum atomic E-state index is -0.307. The minimum Gasteiger partial charge on any atom is -0.375 e. The van der Waals surface area contributed by atoms with Gasteiger partial charge in [-0.05, 0) is 24.6 Å². The molecule has 3 aromatic rings. The first-order valence-electron chi connectivity index (χ1n) is 8.18. The van der Waals surface area contributed by atoms with Crippen molar-refractivity contribution in [3.63, 3.8) is 0 Å². The largest absolute Gasteiger partial charge is 0.375 e. The number of methoxy groups -OCH3 is 1. The molecule has 3 rings (SSSR count). The highest BCUT2D eigenvalue weighted by atomic mass is 35.5. The van der Waals surface area contributed by atoms with E-state index in [0.717, 1.165) is 11.1 Å². The molecule has 0 aliphatic rings. The van der Waals surface area contributed by atoms with Crippen molar-refractivity contribution in [3.8, 4) is 11.3 Å². The van der Waals surface area contributed by atoms with Crippen molar-refractivity contribution in [1.29, 1.82) is 0 Å². The molecule has 26 heavy (non-hydrogen) atoms. The summed E-state index contributed by atoms with van der Waals surface area (Å²) < 4.78 is 10.7. The van der Waals surface area contributed by atoms with Crippen LogP contribution in [0.1, 0.15) is 27.8 Å². The molecule has 0 spiro atoms. The number of nitrogens with one attached hydrogen (secondary N) is 1. The SMILES string of the molecule is CO[C@H](CNC(=O)c1c(-c2ccccc2)noc1C)c1cccc(Cl)c1. The number of rotatable bonds is 6. The zero-order valence-electron chi connectivity index (χ0n) is 14.5. The minimum absolute atomic E-state index is 0.258. The van der Waals surface area contributed by atoms with Gasteiger partial charge in [-0.2, -0.15) is 0 Å². The van der Waals surface area contributed by atoms with Gasteiger partial charge in [-0.3, -0.25) is 4.79 Å². The third-order valence-electron chi connectivity index (χ3n) is 4.09. The number of nitrogens with zero attached hydrogens (tertiary/aromatic N) is 1. The zero-order valence-corrected chi connectivity index (χ0v) is 15.3. The molecular weight excluding hydrogens is 352 g/mol. The topological polar surface area (TPSA) is 64.4 Å². The number of hydrogen-bond acceptors (Lipinski definition) is 4. The third-order valence-corrected chi connectivity index (χ3v) is 4.33. The Kier molecular flexibility index (Phi) is 5.71. The molecule has 1 amide bonds. The van der Waals surface area contributed by atoms with E-state index in [1.807, 2.05) is 48.5 Å². The molecule has 0 aliphatic heterocycles. The summed E-state index contributed by atoms with van der Waals surface area (Å²) in [6, 6.07) is 16.8. The number of hydrogen-bond donors (Lipinski definition) is 1. The van der Waals surface area contributed by atoms with E-state index in [0.29, 0.717) is 28.6 Å². The second-order valence-corrected chi connectivity index (χ2v) is 6.25. The molecule has 134 valence electrons. The summed E-state index contributed by atoms with van der Waals surface area (Å²) in [5, 5.41) is 7.56. The van der Waals surface area contributed by atoms with Crippen LogP contribution in [0, 0.1) is 6.92 Å². The Labute approximate surface area is 156 Å². The van der Waals surface area contributed by atoms with E-state index in [1.165, 1.54) is 0 Å². The van der Waals surface area contributed by atoms with Crippen molar-refractivity contribution >= 4 is 17.5 Å². The van der Waals surface area contributed by atoms with Crippen LogP contribution in [0.25, 0.3) is 11.3 Å². The zero-order chi connectivity index (χ0) is 18.5. The number of aromatic nitrogens is 1. The number of amides is 1. The lowest BCUT2D eigenvalue weighted by Gasteiger charge is -2.17. The molecule has 1 heterocycles. The van der Waals surface area contributed by atoms with Crippen LogP contribution in [0.5, 0.6) is 0 Å². The molecule has 5 nitrogen and oxygen atoms in total. The molecule has 1 aromatic heterocycles. The number of carbonyl (C=O) groups is 1. The van der Waals surface area contributed by atoms with E-state index in [2.05, 4.69) is 10.5 Å². The highest BCUT2D eigenvalue weighted by Gasteiger charge is 2.22. The fourth-order valence-corrected chi connectivity index (χ4v) is 2.95. The fourth-order valence-electron chi connectivity index (χ4n) is 2.75. The van der Waals surface area contributed by atoms with E-state index < -0.39 is 0 Å². The van der Waals surface area contributed by atoms with Crippen LogP contribution in [-0.2, 0) is 4.74 Å². The molecule has 1 atom stereocenters. The van der Waals surface area contributed by atoms with Gasteiger partial charge in [0.05, 0.1) is 6.10 Å². The van der Waals surface area contributed by atoms with E-state index in [-0.39, 0.29) is 12.0 Å². The average Bonchev–Trinajstić information content (AvgIpc) is 3.04. The first-order chi connectivity index (χ1) is 12.6. The van der Waals surface area contributed by atoms with E-state index in [4.69, 9.17) is 20.9 Å². The summed E-state index contributed by atoms with van der Waals surface area (Å²) >= 11 is 6.04. The lowest BCUT2D eigenvalue weighted by Crippen LogP contribution is -2.29. The summed E-state index contributed by atoms with van der Waals surface area (Å²) in [5.74, 6) is 0.213. The van der Waals surface area contributed by atoms with Crippen LogP contribution in [0.15, 0.2) is 59.1 Å². The maximum Gasteiger partial charge on any atom is 0.257 e. The van der Waals surface area contributed by atoms with Crippen molar-refractivity contribution < 1.29 is 14.1 Å². The molecule has 0 saturated carbocycles. The van der Waals surface area contributed by atoms with Gasteiger partial charge in [0.25, 0.3) is 5.91 Å². The Morgan fingerprint density at radius 2 is 2.00 bits per heavy atom. The van der Waals surface area contributed by atoms with Crippen molar-refractivity contribution in [2.45, 2.75) is 13.0 Å². The monoisotopic (exact) mass is 370 g/mol. The van der Waals surface area contributed by atoms with Gasteiger partial charge in [0.2, 0.25) is 0 Å². The maximum absolute atomic E-state index is 12.7. The standard InChI is InChI=1S/C20H19ClN2O3/c1-13-18(19(23-26-13)14-7-4-3-5-8-14)20(24)22-12-17(25-2)15-9-6-10-16(21)11-15/h3-11,17H,12H2,1-2H3,(H,22,24)/t17-/m1/s1. The number of aryl methyl sites for hydroxylation is 1. The number of benzene rings is 2. The summed E-state index contributed by atoms with van der Waals surface area (Å²) in [7, 11) is 1.60. The summed E-state index contributed by atoms with van der Waals surface area (Å²) in [4.78, 5) is 12.7. The van der Waals surface area contributed by atoms with E-state index >= 15 is 0 Å². The third kappa shape index (κ3) is 3.95. The van der Waals surface area contributed by atoms with Crippen LogP contribution in [0.4, 0.5) is 0 Å². The summed E-state index contributed by atoms with van der Waals surface area (Å²) in [5.41, 5.74) is 2.67. The highest BCUT2D eigenvalue weighted by molar-refractivity contribution is 6.30. The van der Waals surface area contributed by atoms with E-state index in [1.54, 1.807) is 20.1 Å². The Morgan fingerprint density at radius 1 is 1.23 bits per heavy atom. The molecule has 2 aromatic carbocycles. The van der Waals surface area contributed by atoms with Crippen LogP contribution < -0.4 is 5.32 Å². The summed E-state index contributed by atoms with van der Waals surface area (Å²) in [6.07, 6.45) is -0.307. The molecule has 0 bridgehead atoms. The Bertz CT molecular complexity index is 893. The molecule has 0 aliphatic carbocycles. The first kappa shape index (κ1) is 18.2. The number of ether oxygens (including phenoxy) is 1. The van der Waals surface area contributed by atoms with Crippen LogP contribution >= 0.6 is 11.6 Å². The lowest BCUT2D eigenvalue weighted by atomic mass is 10.1. The Hall–Kier alpha value is -2.63. The predicted molar refractivity (Wildman–Crippen MR) is 100 cm³/mol. The van der Waals surface area contributed by atoms with Gasteiger partial charge in [-0.1, -0.05) is 59.2 Å². The quantitative estimate of drug-likeness (QED) is 0.697. The average molecular weight is 371 g/mol. The molecule has 0 fully saturated rings. The second-order valence-electron chi connectivity index (χ2n) is 5.82. The van der Waals surface area contributed by atoms with Gasteiger partial charge in [0.15, 0.2) is 0 Å². The Balaban J connectivity index is 1.77. The second kappa shape index (κ2) is 8.17. The fraction of sp³-hybridized carbons (Fsp3) is 0.200. The molecule has 0 unspecified atom stereocenters. The van der Waals surface area contributed by atoms with Gasteiger partial charge < -0.3 is 14.6 Å². The molecule has 0 radical (unpaired) electrons. The number of halogens is 1. The van der Waals surface area contributed by atoms with Crippen molar-refractivity contribution in [2.24, 2.45) is 0 Å².